The van der Waals surface area contributed by atoms with Gasteiger partial charge in [0.05, 0.1) is 11.0 Å². The standard InChI is InChI=1S/C18H28N4OS/c1-13-19-11-15(24-13)12-21-6-8-22(9-7-21)18(23)17-10-14-4-2-3-5-16(14)20-17/h11,14,16-17,20H,2-10,12H2,1H3. The predicted octanol–water partition coefficient (Wildman–Crippen LogP) is 2.02. The minimum atomic E-state index is 0.0776. The number of fused-ring (bicyclic) bond motifs is 1. The Bertz CT molecular complexity index is 567. The van der Waals surface area contributed by atoms with E-state index in [0.29, 0.717) is 11.9 Å². The van der Waals surface area contributed by atoms with Gasteiger partial charge in [0.1, 0.15) is 0 Å². The van der Waals surface area contributed by atoms with E-state index < -0.39 is 0 Å². The summed E-state index contributed by atoms with van der Waals surface area (Å²) in [5, 5.41) is 4.76. The van der Waals surface area contributed by atoms with Crippen molar-refractivity contribution in [2.75, 3.05) is 26.2 Å². The molecule has 1 amide bonds. The van der Waals surface area contributed by atoms with Crippen molar-refractivity contribution in [1.82, 2.24) is 20.1 Å². The third kappa shape index (κ3) is 3.51. The molecule has 2 aliphatic heterocycles. The molecular formula is C18H28N4OS. The largest absolute Gasteiger partial charge is 0.339 e. The van der Waals surface area contributed by atoms with E-state index >= 15 is 0 Å². The number of hydrogen-bond donors (Lipinski definition) is 1. The number of nitrogens with zero attached hydrogens (tertiary/aromatic N) is 3. The number of aromatic nitrogens is 1. The first-order chi connectivity index (χ1) is 11.7. The summed E-state index contributed by atoms with van der Waals surface area (Å²) in [4.78, 5) is 23.0. The molecule has 4 rings (SSSR count). The second kappa shape index (κ2) is 7.10. The van der Waals surface area contributed by atoms with Crippen LogP contribution in [0, 0.1) is 12.8 Å². The van der Waals surface area contributed by atoms with E-state index in [1.54, 1.807) is 11.3 Å². The molecule has 3 heterocycles. The monoisotopic (exact) mass is 348 g/mol. The molecule has 132 valence electrons. The summed E-state index contributed by atoms with van der Waals surface area (Å²) in [6.07, 6.45) is 8.29. The van der Waals surface area contributed by atoms with Crippen molar-refractivity contribution in [2.45, 2.75) is 57.7 Å². The zero-order chi connectivity index (χ0) is 16.5. The quantitative estimate of drug-likeness (QED) is 0.908. The van der Waals surface area contributed by atoms with Crippen molar-refractivity contribution >= 4 is 17.2 Å². The molecule has 0 radical (unpaired) electrons. The Labute approximate surface area is 148 Å². The first kappa shape index (κ1) is 16.5. The average molecular weight is 349 g/mol. The highest BCUT2D eigenvalue weighted by atomic mass is 32.1. The molecule has 1 N–H and O–H groups in total. The van der Waals surface area contributed by atoms with Gasteiger partial charge in [0.2, 0.25) is 5.91 Å². The highest BCUT2D eigenvalue weighted by Gasteiger charge is 2.40. The molecule has 24 heavy (non-hydrogen) atoms. The van der Waals surface area contributed by atoms with Crippen molar-refractivity contribution in [1.29, 1.82) is 0 Å². The number of nitrogens with one attached hydrogen (secondary N) is 1. The average Bonchev–Trinajstić information content (AvgIpc) is 3.21. The molecule has 3 aliphatic rings. The number of hydrogen-bond acceptors (Lipinski definition) is 5. The molecule has 2 saturated heterocycles. The normalized spacial score (nSPS) is 31.2. The Morgan fingerprint density at radius 1 is 1.29 bits per heavy atom. The molecule has 0 aromatic carbocycles. The second-order valence-corrected chi connectivity index (χ2v) is 8.87. The van der Waals surface area contributed by atoms with E-state index in [0.717, 1.165) is 50.1 Å². The highest BCUT2D eigenvalue weighted by molar-refractivity contribution is 7.11. The maximum absolute atomic E-state index is 12.8. The first-order valence-corrected chi connectivity index (χ1v) is 10.2. The summed E-state index contributed by atoms with van der Waals surface area (Å²) in [6, 6.07) is 0.678. The van der Waals surface area contributed by atoms with Crippen LogP contribution in [0.1, 0.15) is 42.0 Å². The van der Waals surface area contributed by atoms with Crippen LogP contribution in [0.15, 0.2) is 6.20 Å². The van der Waals surface area contributed by atoms with Gasteiger partial charge >= 0.3 is 0 Å². The lowest BCUT2D eigenvalue weighted by atomic mass is 9.85. The van der Waals surface area contributed by atoms with Gasteiger partial charge in [0.15, 0.2) is 0 Å². The van der Waals surface area contributed by atoms with Gasteiger partial charge in [-0.3, -0.25) is 9.69 Å². The molecule has 1 aromatic rings. The van der Waals surface area contributed by atoms with Crippen LogP contribution in [0.3, 0.4) is 0 Å². The summed E-state index contributed by atoms with van der Waals surface area (Å²) < 4.78 is 0. The van der Waals surface area contributed by atoms with E-state index in [9.17, 15) is 4.79 Å². The van der Waals surface area contributed by atoms with Crippen LogP contribution < -0.4 is 5.32 Å². The fourth-order valence-electron chi connectivity index (χ4n) is 4.56. The molecular weight excluding hydrogens is 320 g/mol. The van der Waals surface area contributed by atoms with Gasteiger partial charge in [-0.05, 0) is 32.1 Å². The number of carbonyl (C=O) groups excluding carboxylic acids is 1. The molecule has 3 atom stereocenters. The third-order valence-electron chi connectivity index (χ3n) is 5.89. The maximum Gasteiger partial charge on any atom is 0.239 e. The van der Waals surface area contributed by atoms with Crippen LogP contribution in [0.2, 0.25) is 0 Å². The van der Waals surface area contributed by atoms with Crippen molar-refractivity contribution in [2.24, 2.45) is 5.92 Å². The number of amides is 1. The molecule has 1 aromatic heterocycles. The van der Waals surface area contributed by atoms with Gasteiger partial charge in [0.25, 0.3) is 0 Å². The number of carbonyl (C=O) groups is 1. The topological polar surface area (TPSA) is 48.5 Å². The third-order valence-corrected chi connectivity index (χ3v) is 6.79. The number of thiazole rings is 1. The number of piperazine rings is 1. The van der Waals surface area contributed by atoms with E-state index in [1.807, 2.05) is 6.20 Å². The lowest BCUT2D eigenvalue weighted by Crippen LogP contribution is -2.53. The van der Waals surface area contributed by atoms with Crippen molar-refractivity contribution in [3.05, 3.63) is 16.1 Å². The Kier molecular flexibility index (Phi) is 4.88. The van der Waals surface area contributed by atoms with Crippen LogP contribution >= 0.6 is 11.3 Å². The van der Waals surface area contributed by atoms with E-state index in [4.69, 9.17) is 0 Å². The lowest BCUT2D eigenvalue weighted by Gasteiger charge is -2.35. The fraction of sp³-hybridized carbons (Fsp3) is 0.778. The Balaban J connectivity index is 1.27. The first-order valence-electron chi connectivity index (χ1n) is 9.37. The highest BCUT2D eigenvalue weighted by Crippen LogP contribution is 2.33. The summed E-state index contributed by atoms with van der Waals surface area (Å²) in [5.41, 5.74) is 0. The van der Waals surface area contributed by atoms with E-state index in [1.165, 1.54) is 30.6 Å². The molecule has 1 saturated carbocycles. The second-order valence-electron chi connectivity index (χ2n) is 7.55. The molecule has 0 spiro atoms. The predicted molar refractivity (Wildman–Crippen MR) is 96.0 cm³/mol. The van der Waals surface area contributed by atoms with Gasteiger partial charge in [0, 0.05) is 49.8 Å². The van der Waals surface area contributed by atoms with Crippen LogP contribution in [-0.4, -0.2) is 59.0 Å². The summed E-state index contributed by atoms with van der Waals surface area (Å²) in [5.74, 6) is 1.08. The summed E-state index contributed by atoms with van der Waals surface area (Å²) in [7, 11) is 0. The van der Waals surface area contributed by atoms with Crippen LogP contribution in [0.5, 0.6) is 0 Å². The smallest absolute Gasteiger partial charge is 0.239 e. The summed E-state index contributed by atoms with van der Waals surface area (Å²) in [6.45, 7) is 6.70. The minimum absolute atomic E-state index is 0.0776. The SMILES string of the molecule is Cc1ncc(CN2CCN(C(=O)C3CC4CCCCC4N3)CC2)s1. The van der Waals surface area contributed by atoms with Crippen LogP contribution in [0.4, 0.5) is 0 Å². The van der Waals surface area contributed by atoms with Crippen molar-refractivity contribution in [3.63, 3.8) is 0 Å². The molecule has 0 bridgehead atoms. The molecule has 1 aliphatic carbocycles. The Morgan fingerprint density at radius 3 is 2.79 bits per heavy atom. The van der Waals surface area contributed by atoms with E-state index in [2.05, 4.69) is 27.0 Å². The zero-order valence-electron chi connectivity index (χ0n) is 14.5. The van der Waals surface area contributed by atoms with Gasteiger partial charge in [-0.1, -0.05) is 12.8 Å². The lowest BCUT2D eigenvalue weighted by molar-refractivity contribution is -0.135. The van der Waals surface area contributed by atoms with Crippen LogP contribution in [-0.2, 0) is 11.3 Å². The molecule has 6 heteroatoms. The number of aryl methyl sites for hydroxylation is 1. The van der Waals surface area contributed by atoms with Gasteiger partial charge < -0.3 is 10.2 Å². The molecule has 3 fully saturated rings. The van der Waals surface area contributed by atoms with Crippen molar-refractivity contribution < 1.29 is 4.79 Å². The van der Waals surface area contributed by atoms with Crippen molar-refractivity contribution in [3.8, 4) is 0 Å². The zero-order valence-corrected chi connectivity index (χ0v) is 15.4. The summed E-state index contributed by atoms with van der Waals surface area (Å²) >= 11 is 1.78. The van der Waals surface area contributed by atoms with Crippen LogP contribution in [0.25, 0.3) is 0 Å². The van der Waals surface area contributed by atoms with Gasteiger partial charge in [-0.2, -0.15) is 0 Å². The Hall–Kier alpha value is -0.980. The van der Waals surface area contributed by atoms with Gasteiger partial charge in [-0.15, -0.1) is 11.3 Å². The number of rotatable bonds is 3. The molecule has 5 nitrogen and oxygen atoms in total. The molecule has 3 unspecified atom stereocenters. The fourth-order valence-corrected chi connectivity index (χ4v) is 5.39. The maximum atomic E-state index is 12.8. The van der Waals surface area contributed by atoms with E-state index in [-0.39, 0.29) is 6.04 Å². The Morgan fingerprint density at radius 2 is 2.08 bits per heavy atom. The van der Waals surface area contributed by atoms with Gasteiger partial charge in [-0.25, -0.2) is 4.98 Å². The minimum Gasteiger partial charge on any atom is -0.339 e.